The first kappa shape index (κ1) is 18.8. The number of nitrogens with one attached hydrogen (secondary N) is 1. The predicted octanol–water partition coefficient (Wildman–Crippen LogP) is 3.26. The molecule has 0 aliphatic carbocycles. The van der Waals surface area contributed by atoms with E-state index in [9.17, 15) is 9.18 Å². The van der Waals surface area contributed by atoms with E-state index in [4.69, 9.17) is 0 Å². The number of anilines is 1. The zero-order chi connectivity index (χ0) is 19.7. The van der Waals surface area contributed by atoms with Crippen molar-refractivity contribution >= 4 is 11.7 Å². The zero-order valence-corrected chi connectivity index (χ0v) is 16.6. The molecule has 2 amide bonds. The largest absolute Gasteiger partial charge is 0.369 e. The van der Waals surface area contributed by atoms with Crippen molar-refractivity contribution in [3.8, 4) is 0 Å². The van der Waals surface area contributed by atoms with Gasteiger partial charge in [0.15, 0.2) is 0 Å². The highest BCUT2D eigenvalue weighted by Crippen LogP contribution is 2.25. The van der Waals surface area contributed by atoms with Crippen molar-refractivity contribution in [2.24, 2.45) is 0 Å². The van der Waals surface area contributed by atoms with Gasteiger partial charge in [-0.05, 0) is 51.3 Å². The topological polar surface area (TPSA) is 53.4 Å². The highest BCUT2D eigenvalue weighted by molar-refractivity contribution is 5.75. The fraction of sp³-hybridized carbons (Fsp3) is 0.524. The molecule has 2 aliphatic heterocycles. The summed E-state index contributed by atoms with van der Waals surface area (Å²) in [5.74, 6) is -0.183. The third-order valence-electron chi connectivity index (χ3n) is 5.86. The van der Waals surface area contributed by atoms with Crippen LogP contribution in [0.4, 0.5) is 14.9 Å². The van der Waals surface area contributed by atoms with E-state index in [0.29, 0.717) is 12.2 Å². The molecule has 3 heterocycles. The third kappa shape index (κ3) is 3.84. The van der Waals surface area contributed by atoms with Crippen LogP contribution in [0.5, 0.6) is 0 Å². The Balaban J connectivity index is 1.28. The third-order valence-corrected chi connectivity index (χ3v) is 5.86. The van der Waals surface area contributed by atoms with E-state index in [-0.39, 0.29) is 23.9 Å². The molecule has 1 N–H and O–H groups in total. The molecule has 0 bridgehead atoms. The molecule has 0 saturated carbocycles. The minimum absolute atomic E-state index is 0.00775. The minimum Gasteiger partial charge on any atom is -0.369 e. The molecule has 1 aromatic heterocycles. The molecular formula is C21H28FN5O. The highest BCUT2D eigenvalue weighted by atomic mass is 19.1. The molecule has 0 spiro atoms. The first-order valence-corrected chi connectivity index (χ1v) is 10.1. The van der Waals surface area contributed by atoms with Crippen LogP contribution in [0, 0.1) is 19.7 Å². The fourth-order valence-corrected chi connectivity index (χ4v) is 4.38. The van der Waals surface area contributed by atoms with Gasteiger partial charge in [0.1, 0.15) is 5.82 Å². The first-order chi connectivity index (χ1) is 13.5. The molecule has 6 nitrogen and oxygen atoms in total. The quantitative estimate of drug-likeness (QED) is 0.882. The number of hydrogen-bond acceptors (Lipinski definition) is 3. The molecular weight excluding hydrogens is 357 g/mol. The monoisotopic (exact) mass is 385 g/mol. The van der Waals surface area contributed by atoms with Gasteiger partial charge < -0.3 is 15.1 Å². The van der Waals surface area contributed by atoms with Gasteiger partial charge in [-0.1, -0.05) is 12.1 Å². The highest BCUT2D eigenvalue weighted by Gasteiger charge is 2.30. The molecule has 0 unspecified atom stereocenters. The second kappa shape index (κ2) is 7.81. The standard InChI is InChI=1S/C21H28FN5O/c1-15-13-16(2)27(24-15)18-9-12-26(14-18)21(28)23-17-7-10-25(11-8-17)20-6-4-3-5-19(20)22/h3-6,13,17-18H,7-12,14H2,1-2H3,(H,23,28)/t18-/m0/s1. The van der Waals surface area contributed by atoms with Gasteiger partial charge in [0.2, 0.25) is 0 Å². The summed E-state index contributed by atoms with van der Waals surface area (Å²) in [5.41, 5.74) is 2.81. The van der Waals surface area contributed by atoms with E-state index >= 15 is 0 Å². The number of carbonyl (C=O) groups excluding carboxylic acids is 1. The van der Waals surface area contributed by atoms with Crippen molar-refractivity contribution in [3.63, 3.8) is 0 Å². The Morgan fingerprint density at radius 2 is 1.89 bits per heavy atom. The van der Waals surface area contributed by atoms with Crippen LogP contribution in [0.15, 0.2) is 30.3 Å². The number of rotatable bonds is 3. The zero-order valence-electron chi connectivity index (χ0n) is 16.6. The minimum atomic E-state index is -0.183. The summed E-state index contributed by atoms with van der Waals surface area (Å²) in [6.45, 7) is 7.01. The number of amides is 2. The van der Waals surface area contributed by atoms with Gasteiger partial charge in [-0.2, -0.15) is 5.10 Å². The van der Waals surface area contributed by atoms with E-state index in [2.05, 4.69) is 33.0 Å². The summed E-state index contributed by atoms with van der Waals surface area (Å²) in [7, 11) is 0. The number of benzene rings is 1. The lowest BCUT2D eigenvalue weighted by Crippen LogP contribution is -2.49. The van der Waals surface area contributed by atoms with Crippen LogP contribution in [0.2, 0.25) is 0 Å². The molecule has 1 aromatic carbocycles. The van der Waals surface area contributed by atoms with E-state index in [1.165, 1.54) is 6.07 Å². The average Bonchev–Trinajstić information content (AvgIpc) is 3.29. The van der Waals surface area contributed by atoms with Crippen molar-refractivity contribution < 1.29 is 9.18 Å². The maximum atomic E-state index is 14.0. The maximum Gasteiger partial charge on any atom is 0.317 e. The number of hydrogen-bond donors (Lipinski definition) is 1. The number of carbonyl (C=O) groups is 1. The summed E-state index contributed by atoms with van der Waals surface area (Å²) >= 11 is 0. The summed E-state index contributed by atoms with van der Waals surface area (Å²) in [6.07, 6.45) is 2.59. The molecule has 7 heteroatoms. The van der Waals surface area contributed by atoms with E-state index in [1.807, 2.05) is 24.0 Å². The number of halogens is 1. The van der Waals surface area contributed by atoms with Gasteiger partial charge in [-0.3, -0.25) is 4.68 Å². The normalized spacial score (nSPS) is 20.6. The molecule has 2 saturated heterocycles. The Labute approximate surface area is 165 Å². The lowest BCUT2D eigenvalue weighted by atomic mass is 10.0. The number of aryl methyl sites for hydroxylation is 2. The summed E-state index contributed by atoms with van der Waals surface area (Å²) in [5, 5.41) is 7.74. The van der Waals surface area contributed by atoms with Gasteiger partial charge in [-0.25, -0.2) is 9.18 Å². The van der Waals surface area contributed by atoms with Crippen molar-refractivity contribution in [1.82, 2.24) is 20.0 Å². The molecule has 2 aromatic rings. The Bertz CT molecular complexity index is 843. The van der Waals surface area contributed by atoms with Crippen LogP contribution >= 0.6 is 0 Å². The number of likely N-dealkylation sites (tertiary alicyclic amines) is 1. The number of aromatic nitrogens is 2. The number of nitrogens with zero attached hydrogens (tertiary/aromatic N) is 4. The van der Waals surface area contributed by atoms with Crippen LogP contribution in [0.25, 0.3) is 0 Å². The smallest absolute Gasteiger partial charge is 0.317 e. The molecule has 2 fully saturated rings. The van der Waals surface area contributed by atoms with Crippen LogP contribution in [0.1, 0.15) is 36.7 Å². The molecule has 1 atom stereocenters. The Hall–Kier alpha value is -2.57. The van der Waals surface area contributed by atoms with Crippen molar-refractivity contribution in [2.75, 3.05) is 31.1 Å². The lowest BCUT2D eigenvalue weighted by Gasteiger charge is -2.34. The summed E-state index contributed by atoms with van der Waals surface area (Å²) in [6, 6.07) is 9.36. The maximum absolute atomic E-state index is 14.0. The molecule has 150 valence electrons. The van der Waals surface area contributed by atoms with Gasteiger partial charge >= 0.3 is 6.03 Å². The van der Waals surface area contributed by atoms with Crippen molar-refractivity contribution in [1.29, 1.82) is 0 Å². The first-order valence-electron chi connectivity index (χ1n) is 10.1. The Kier molecular flexibility index (Phi) is 5.24. The van der Waals surface area contributed by atoms with E-state index in [0.717, 1.165) is 50.3 Å². The van der Waals surface area contributed by atoms with Crippen LogP contribution < -0.4 is 10.2 Å². The molecule has 28 heavy (non-hydrogen) atoms. The second-order valence-corrected chi connectivity index (χ2v) is 7.92. The summed E-state index contributed by atoms with van der Waals surface area (Å²) < 4.78 is 16.0. The average molecular weight is 385 g/mol. The molecule has 2 aliphatic rings. The van der Waals surface area contributed by atoms with E-state index in [1.54, 1.807) is 6.07 Å². The van der Waals surface area contributed by atoms with Crippen LogP contribution in [0.3, 0.4) is 0 Å². The SMILES string of the molecule is Cc1cc(C)n([C@H]2CCN(C(=O)NC3CCN(c4ccccc4F)CC3)C2)n1. The van der Waals surface area contributed by atoms with Gasteiger partial charge in [-0.15, -0.1) is 0 Å². The second-order valence-electron chi connectivity index (χ2n) is 7.92. The van der Waals surface area contributed by atoms with Crippen LogP contribution in [-0.2, 0) is 0 Å². The predicted molar refractivity (Wildman–Crippen MR) is 107 cm³/mol. The summed E-state index contributed by atoms with van der Waals surface area (Å²) in [4.78, 5) is 16.7. The number of piperidine rings is 1. The fourth-order valence-electron chi connectivity index (χ4n) is 4.38. The van der Waals surface area contributed by atoms with Crippen molar-refractivity contribution in [2.45, 2.75) is 45.2 Å². The lowest BCUT2D eigenvalue weighted by molar-refractivity contribution is 0.200. The van der Waals surface area contributed by atoms with E-state index < -0.39 is 0 Å². The molecule has 0 radical (unpaired) electrons. The Morgan fingerprint density at radius 1 is 1.14 bits per heavy atom. The van der Waals surface area contributed by atoms with Gasteiger partial charge in [0, 0.05) is 37.9 Å². The number of urea groups is 1. The molecule has 4 rings (SSSR count). The number of para-hydroxylation sites is 1. The van der Waals surface area contributed by atoms with Gasteiger partial charge in [0.25, 0.3) is 0 Å². The van der Waals surface area contributed by atoms with Crippen molar-refractivity contribution in [3.05, 3.63) is 47.5 Å². The Morgan fingerprint density at radius 3 is 2.57 bits per heavy atom. The van der Waals surface area contributed by atoms with Gasteiger partial charge in [0.05, 0.1) is 17.4 Å². The van der Waals surface area contributed by atoms with Crippen LogP contribution in [-0.4, -0.2) is 52.9 Å².